The summed E-state index contributed by atoms with van der Waals surface area (Å²) in [5, 5.41) is 6.69. The highest BCUT2D eigenvalue weighted by Gasteiger charge is 2.25. The second-order valence-electron chi connectivity index (χ2n) is 6.08. The van der Waals surface area contributed by atoms with Crippen LogP contribution in [-0.4, -0.2) is 38.3 Å². The van der Waals surface area contributed by atoms with Crippen LogP contribution >= 0.6 is 0 Å². The molecule has 0 radical (unpaired) electrons. The molecule has 134 valence electrons. The van der Waals surface area contributed by atoms with Crippen molar-refractivity contribution in [1.29, 1.82) is 0 Å². The third-order valence-electron chi connectivity index (χ3n) is 4.11. The standard InChI is InChI=1S/C17H21N3O4S/c1-13-12-15(19-24-13)8-9-18-17(21)14-4-6-16(7-5-14)20-10-2-3-11-25(20,22)23/h4-7,12H,2-3,8-11H2,1H3,(H,18,21). The molecule has 0 saturated carbocycles. The van der Waals surface area contributed by atoms with Gasteiger partial charge in [0.2, 0.25) is 10.0 Å². The van der Waals surface area contributed by atoms with E-state index in [-0.39, 0.29) is 11.7 Å². The molecule has 7 nitrogen and oxygen atoms in total. The Kier molecular flexibility index (Phi) is 5.08. The molecule has 1 aliphatic rings. The van der Waals surface area contributed by atoms with Crippen molar-refractivity contribution in [3.63, 3.8) is 0 Å². The van der Waals surface area contributed by atoms with Crippen LogP contribution in [0.1, 0.15) is 34.7 Å². The van der Waals surface area contributed by atoms with Gasteiger partial charge >= 0.3 is 0 Å². The van der Waals surface area contributed by atoms with Gasteiger partial charge in [-0.25, -0.2) is 8.42 Å². The Hall–Kier alpha value is -2.35. The minimum Gasteiger partial charge on any atom is -0.361 e. The fourth-order valence-corrected chi connectivity index (χ4v) is 4.44. The van der Waals surface area contributed by atoms with Crippen LogP contribution in [0.15, 0.2) is 34.9 Å². The van der Waals surface area contributed by atoms with Gasteiger partial charge in [0.15, 0.2) is 0 Å². The lowest BCUT2D eigenvalue weighted by molar-refractivity contribution is 0.0954. The molecule has 1 aliphatic heterocycles. The Bertz CT molecular complexity index is 843. The molecule has 0 spiro atoms. The van der Waals surface area contributed by atoms with Crippen molar-refractivity contribution in [1.82, 2.24) is 10.5 Å². The van der Waals surface area contributed by atoms with Gasteiger partial charge in [-0.3, -0.25) is 9.10 Å². The van der Waals surface area contributed by atoms with Crippen LogP contribution in [0.4, 0.5) is 5.69 Å². The quantitative estimate of drug-likeness (QED) is 0.876. The number of hydrogen-bond donors (Lipinski definition) is 1. The Morgan fingerprint density at radius 3 is 2.68 bits per heavy atom. The van der Waals surface area contributed by atoms with E-state index < -0.39 is 10.0 Å². The Balaban J connectivity index is 1.58. The van der Waals surface area contributed by atoms with E-state index in [1.54, 1.807) is 24.3 Å². The van der Waals surface area contributed by atoms with Crippen LogP contribution < -0.4 is 9.62 Å². The highest BCUT2D eigenvalue weighted by Crippen LogP contribution is 2.23. The van der Waals surface area contributed by atoms with Crippen LogP contribution in [0, 0.1) is 6.92 Å². The van der Waals surface area contributed by atoms with Crippen LogP contribution in [0.3, 0.4) is 0 Å². The van der Waals surface area contributed by atoms with Crippen LogP contribution in [0.25, 0.3) is 0 Å². The number of aromatic nitrogens is 1. The smallest absolute Gasteiger partial charge is 0.251 e. The summed E-state index contributed by atoms with van der Waals surface area (Å²) in [5.41, 5.74) is 1.90. The molecule has 1 fully saturated rings. The zero-order chi connectivity index (χ0) is 17.9. The van der Waals surface area contributed by atoms with Gasteiger partial charge in [-0.1, -0.05) is 5.16 Å². The number of anilines is 1. The topological polar surface area (TPSA) is 92.5 Å². The molecule has 3 rings (SSSR count). The Labute approximate surface area is 147 Å². The summed E-state index contributed by atoms with van der Waals surface area (Å²) >= 11 is 0. The first-order valence-electron chi connectivity index (χ1n) is 8.26. The summed E-state index contributed by atoms with van der Waals surface area (Å²) < 4.78 is 30.6. The second kappa shape index (κ2) is 7.26. The number of aryl methyl sites for hydroxylation is 1. The first kappa shape index (κ1) is 17.5. The first-order chi connectivity index (χ1) is 12.0. The SMILES string of the molecule is Cc1cc(CCNC(=O)c2ccc(N3CCCCS3(=O)=O)cc2)no1. The Morgan fingerprint density at radius 1 is 1.28 bits per heavy atom. The number of hydrogen-bond acceptors (Lipinski definition) is 5. The number of benzene rings is 1. The number of sulfonamides is 1. The van der Waals surface area contributed by atoms with Gasteiger partial charge in [0.1, 0.15) is 5.76 Å². The van der Waals surface area contributed by atoms with Gasteiger partial charge in [0.25, 0.3) is 5.91 Å². The number of carbonyl (C=O) groups excluding carboxylic acids is 1. The average Bonchev–Trinajstić information content (AvgIpc) is 3.00. The largest absolute Gasteiger partial charge is 0.361 e. The normalized spacial score (nSPS) is 16.6. The number of rotatable bonds is 5. The van der Waals surface area contributed by atoms with E-state index in [1.807, 2.05) is 13.0 Å². The van der Waals surface area contributed by atoms with E-state index in [9.17, 15) is 13.2 Å². The third-order valence-corrected chi connectivity index (χ3v) is 5.98. The second-order valence-corrected chi connectivity index (χ2v) is 8.09. The maximum atomic E-state index is 12.2. The molecule has 0 atom stereocenters. The minimum absolute atomic E-state index is 0.177. The molecule has 0 unspecified atom stereocenters. The Morgan fingerprint density at radius 2 is 2.04 bits per heavy atom. The van der Waals surface area contributed by atoms with Gasteiger partial charge in [0.05, 0.1) is 17.1 Å². The van der Waals surface area contributed by atoms with Gasteiger partial charge in [-0.2, -0.15) is 0 Å². The van der Waals surface area contributed by atoms with Crippen LogP contribution in [0.2, 0.25) is 0 Å². The summed E-state index contributed by atoms with van der Waals surface area (Å²) in [7, 11) is -3.24. The highest BCUT2D eigenvalue weighted by molar-refractivity contribution is 7.92. The van der Waals surface area contributed by atoms with Gasteiger partial charge in [-0.05, 0) is 44.0 Å². The number of nitrogens with zero attached hydrogens (tertiary/aromatic N) is 2. The van der Waals surface area contributed by atoms with Gasteiger partial charge in [-0.15, -0.1) is 0 Å². The van der Waals surface area contributed by atoms with E-state index in [0.29, 0.717) is 37.2 Å². The molecule has 25 heavy (non-hydrogen) atoms. The van der Waals surface area contributed by atoms with Gasteiger partial charge in [0, 0.05) is 31.1 Å². The van der Waals surface area contributed by atoms with Crippen LogP contribution in [-0.2, 0) is 16.4 Å². The zero-order valence-electron chi connectivity index (χ0n) is 14.1. The van der Waals surface area contributed by atoms with E-state index >= 15 is 0 Å². The van der Waals surface area contributed by atoms with Crippen molar-refractivity contribution in [2.24, 2.45) is 0 Å². The van der Waals surface area contributed by atoms with Crippen molar-refractivity contribution < 1.29 is 17.7 Å². The molecule has 0 bridgehead atoms. The molecule has 1 amide bonds. The predicted octanol–water partition coefficient (Wildman–Crippen LogP) is 1.89. The van der Waals surface area contributed by atoms with Gasteiger partial charge < -0.3 is 9.84 Å². The highest BCUT2D eigenvalue weighted by atomic mass is 32.2. The molecule has 8 heteroatoms. The van der Waals surface area contributed by atoms with E-state index in [4.69, 9.17) is 4.52 Å². The van der Waals surface area contributed by atoms with E-state index in [1.165, 1.54) is 4.31 Å². The van der Waals surface area contributed by atoms with E-state index in [2.05, 4.69) is 10.5 Å². The molecular weight excluding hydrogens is 342 g/mol. The summed E-state index contributed by atoms with van der Waals surface area (Å²) in [6.45, 7) is 2.76. The summed E-state index contributed by atoms with van der Waals surface area (Å²) in [6, 6.07) is 8.49. The fourth-order valence-electron chi connectivity index (χ4n) is 2.80. The van der Waals surface area contributed by atoms with E-state index in [0.717, 1.165) is 17.9 Å². The lowest BCUT2D eigenvalue weighted by atomic mass is 10.2. The number of amides is 1. The summed E-state index contributed by atoms with van der Waals surface area (Å²) in [6.07, 6.45) is 2.14. The molecule has 2 heterocycles. The van der Waals surface area contributed by atoms with Crippen molar-refractivity contribution in [3.05, 3.63) is 47.3 Å². The van der Waals surface area contributed by atoms with Crippen molar-refractivity contribution in [3.8, 4) is 0 Å². The predicted molar refractivity (Wildman–Crippen MR) is 94.1 cm³/mol. The molecule has 0 aliphatic carbocycles. The minimum atomic E-state index is -3.24. The monoisotopic (exact) mass is 363 g/mol. The van der Waals surface area contributed by atoms with Crippen molar-refractivity contribution >= 4 is 21.6 Å². The summed E-state index contributed by atoms with van der Waals surface area (Å²) in [5.74, 6) is 0.717. The first-order valence-corrected chi connectivity index (χ1v) is 9.87. The van der Waals surface area contributed by atoms with Crippen molar-refractivity contribution in [2.45, 2.75) is 26.2 Å². The molecule has 1 N–H and O–H groups in total. The number of carbonyl (C=O) groups is 1. The molecular formula is C17H21N3O4S. The fraction of sp³-hybridized carbons (Fsp3) is 0.412. The lowest BCUT2D eigenvalue weighted by Gasteiger charge is -2.28. The average molecular weight is 363 g/mol. The van der Waals surface area contributed by atoms with Crippen molar-refractivity contribution in [2.75, 3.05) is 23.1 Å². The molecule has 1 aromatic heterocycles. The van der Waals surface area contributed by atoms with Crippen LogP contribution in [0.5, 0.6) is 0 Å². The molecule has 2 aromatic rings. The maximum absolute atomic E-state index is 12.2. The summed E-state index contributed by atoms with van der Waals surface area (Å²) in [4.78, 5) is 12.2. The third kappa shape index (κ3) is 4.19. The molecule has 1 saturated heterocycles. The zero-order valence-corrected chi connectivity index (χ0v) is 14.9. The molecule has 1 aromatic carbocycles. The lowest BCUT2D eigenvalue weighted by Crippen LogP contribution is -2.37. The maximum Gasteiger partial charge on any atom is 0.251 e. The number of nitrogens with one attached hydrogen (secondary N) is 1.